The number of aliphatic carboxylic acids is 1. The Balaban J connectivity index is 1.51. The van der Waals surface area contributed by atoms with Gasteiger partial charge >= 0.3 is 5.97 Å². The number of aromatic nitrogens is 1. The van der Waals surface area contributed by atoms with E-state index in [-0.39, 0.29) is 12.0 Å². The van der Waals surface area contributed by atoms with Crippen molar-refractivity contribution in [1.29, 1.82) is 0 Å². The molecule has 0 bridgehead atoms. The van der Waals surface area contributed by atoms with Crippen LogP contribution in [0.2, 0.25) is 0 Å². The van der Waals surface area contributed by atoms with Crippen molar-refractivity contribution in [3.05, 3.63) is 16.1 Å². The second-order valence-corrected chi connectivity index (χ2v) is 7.90. The van der Waals surface area contributed by atoms with E-state index < -0.39 is 5.97 Å². The molecule has 0 saturated carbocycles. The van der Waals surface area contributed by atoms with E-state index in [0.29, 0.717) is 24.9 Å². The molecule has 2 atom stereocenters. The van der Waals surface area contributed by atoms with Gasteiger partial charge in [0, 0.05) is 24.4 Å². The lowest BCUT2D eigenvalue weighted by Crippen LogP contribution is -2.40. The zero-order valence-corrected chi connectivity index (χ0v) is 14.7. The lowest BCUT2D eigenvalue weighted by Gasteiger charge is -2.35. The molecule has 128 valence electrons. The first-order valence-corrected chi connectivity index (χ1v) is 9.43. The fraction of sp³-hybridized carbons (Fsp3) is 0.765. The van der Waals surface area contributed by atoms with Gasteiger partial charge in [-0.25, -0.2) is 4.98 Å². The molecule has 2 aliphatic rings. The molecule has 3 rings (SSSR count). The number of thiazole rings is 1. The van der Waals surface area contributed by atoms with Crippen LogP contribution in [0.25, 0.3) is 0 Å². The average Bonchev–Trinajstić information content (AvgIpc) is 3.17. The predicted octanol–water partition coefficient (Wildman–Crippen LogP) is 2.97. The van der Waals surface area contributed by atoms with Crippen LogP contribution in [0.15, 0.2) is 5.38 Å². The van der Waals surface area contributed by atoms with Crippen LogP contribution in [-0.4, -0.2) is 46.8 Å². The number of nitrogens with zero attached hydrogens (tertiary/aromatic N) is 2. The number of likely N-dealkylation sites (tertiary alicyclic amines) is 1. The van der Waals surface area contributed by atoms with Crippen molar-refractivity contribution in [2.45, 2.75) is 51.7 Å². The highest BCUT2D eigenvalue weighted by Crippen LogP contribution is 2.33. The van der Waals surface area contributed by atoms with E-state index in [9.17, 15) is 9.90 Å². The molecule has 6 heteroatoms. The number of ether oxygens (including phenoxy) is 1. The Hall–Kier alpha value is -0.980. The second kappa shape index (κ2) is 7.28. The van der Waals surface area contributed by atoms with Crippen molar-refractivity contribution < 1.29 is 14.6 Å². The summed E-state index contributed by atoms with van der Waals surface area (Å²) >= 11 is 1.75. The Kier molecular flexibility index (Phi) is 5.34. The number of carbonyl (C=O) groups is 1. The Morgan fingerprint density at radius 3 is 2.78 bits per heavy atom. The Morgan fingerprint density at radius 1 is 1.43 bits per heavy atom. The van der Waals surface area contributed by atoms with Gasteiger partial charge in [0.2, 0.25) is 0 Å². The SMILES string of the molecule is CC(C)c1nc(CN2CCC([C@@H]3OCC[C@H]3C(=O)O)CC2)cs1. The van der Waals surface area contributed by atoms with Crippen LogP contribution in [0, 0.1) is 11.8 Å². The van der Waals surface area contributed by atoms with E-state index in [2.05, 4.69) is 24.1 Å². The lowest BCUT2D eigenvalue weighted by atomic mass is 9.84. The first-order chi connectivity index (χ1) is 11.0. The van der Waals surface area contributed by atoms with Gasteiger partial charge in [0.15, 0.2) is 0 Å². The van der Waals surface area contributed by atoms with E-state index >= 15 is 0 Å². The third-order valence-electron chi connectivity index (χ3n) is 5.00. The number of hydrogen-bond acceptors (Lipinski definition) is 5. The standard InChI is InChI=1S/C17H26N2O3S/c1-11(2)16-18-13(10-23-16)9-19-6-3-12(4-7-19)15-14(17(20)21)5-8-22-15/h10-12,14-15H,3-9H2,1-2H3,(H,20,21)/t14-,15+/m1/s1. The molecule has 0 aromatic carbocycles. The summed E-state index contributed by atoms with van der Waals surface area (Å²) in [7, 11) is 0. The van der Waals surface area contributed by atoms with Gasteiger partial charge in [0.05, 0.1) is 22.7 Å². The number of hydrogen-bond donors (Lipinski definition) is 1. The van der Waals surface area contributed by atoms with Crippen molar-refractivity contribution in [2.75, 3.05) is 19.7 Å². The largest absolute Gasteiger partial charge is 0.481 e. The normalized spacial score (nSPS) is 26.9. The number of rotatable bonds is 5. The monoisotopic (exact) mass is 338 g/mol. The third-order valence-corrected chi connectivity index (χ3v) is 6.19. The third kappa shape index (κ3) is 3.92. The molecule has 0 unspecified atom stereocenters. The van der Waals surface area contributed by atoms with Crippen LogP contribution >= 0.6 is 11.3 Å². The fourth-order valence-electron chi connectivity index (χ4n) is 3.67. The molecule has 2 fully saturated rings. The molecule has 23 heavy (non-hydrogen) atoms. The minimum absolute atomic E-state index is 0.0820. The van der Waals surface area contributed by atoms with Gasteiger partial charge in [-0.3, -0.25) is 9.69 Å². The Bertz CT molecular complexity index is 538. The molecule has 1 aromatic heterocycles. The Labute approximate surface area is 141 Å². The molecular weight excluding hydrogens is 312 g/mol. The molecule has 0 amide bonds. The number of piperidine rings is 1. The summed E-state index contributed by atoms with van der Waals surface area (Å²) in [5, 5.41) is 12.7. The molecule has 1 N–H and O–H groups in total. The molecule has 2 aliphatic heterocycles. The van der Waals surface area contributed by atoms with Crippen LogP contribution in [0.5, 0.6) is 0 Å². The summed E-state index contributed by atoms with van der Waals surface area (Å²) in [5.41, 5.74) is 1.16. The minimum Gasteiger partial charge on any atom is -0.481 e. The van der Waals surface area contributed by atoms with E-state index in [1.54, 1.807) is 11.3 Å². The first kappa shape index (κ1) is 16.9. The van der Waals surface area contributed by atoms with Crippen LogP contribution in [0.4, 0.5) is 0 Å². The van der Waals surface area contributed by atoms with E-state index in [1.807, 2.05) is 0 Å². The number of carboxylic acid groups (broad SMARTS) is 1. The Morgan fingerprint density at radius 2 is 2.17 bits per heavy atom. The summed E-state index contributed by atoms with van der Waals surface area (Å²) < 4.78 is 5.74. The zero-order valence-electron chi connectivity index (χ0n) is 13.9. The highest BCUT2D eigenvalue weighted by Gasteiger charge is 2.40. The van der Waals surface area contributed by atoms with Crippen LogP contribution < -0.4 is 0 Å². The van der Waals surface area contributed by atoms with Gasteiger partial charge in [0.25, 0.3) is 0 Å². The summed E-state index contributed by atoms with van der Waals surface area (Å²) in [5.74, 6) is -0.124. The van der Waals surface area contributed by atoms with Crippen LogP contribution in [0.3, 0.4) is 0 Å². The topological polar surface area (TPSA) is 62.7 Å². The summed E-state index contributed by atoms with van der Waals surface area (Å²) in [4.78, 5) is 18.5. The molecule has 0 spiro atoms. The highest BCUT2D eigenvalue weighted by molar-refractivity contribution is 7.09. The predicted molar refractivity (Wildman–Crippen MR) is 89.7 cm³/mol. The van der Waals surface area contributed by atoms with E-state index in [0.717, 1.165) is 38.2 Å². The summed E-state index contributed by atoms with van der Waals surface area (Å²) in [6.07, 6.45) is 2.63. The van der Waals surface area contributed by atoms with Gasteiger partial charge in [-0.2, -0.15) is 0 Å². The van der Waals surface area contributed by atoms with Crippen molar-refractivity contribution >= 4 is 17.3 Å². The maximum Gasteiger partial charge on any atom is 0.309 e. The van der Waals surface area contributed by atoms with Gasteiger partial charge < -0.3 is 9.84 Å². The number of carboxylic acids is 1. The second-order valence-electron chi connectivity index (χ2n) is 7.01. The highest BCUT2D eigenvalue weighted by atomic mass is 32.1. The molecular formula is C17H26N2O3S. The van der Waals surface area contributed by atoms with Gasteiger partial charge in [0.1, 0.15) is 0 Å². The molecule has 0 aliphatic carbocycles. The van der Waals surface area contributed by atoms with Gasteiger partial charge in [-0.1, -0.05) is 13.8 Å². The molecule has 0 radical (unpaired) electrons. The molecule has 1 aromatic rings. The molecule has 2 saturated heterocycles. The van der Waals surface area contributed by atoms with E-state index in [4.69, 9.17) is 9.72 Å². The average molecular weight is 338 g/mol. The lowest BCUT2D eigenvalue weighted by molar-refractivity contribution is -0.145. The maximum atomic E-state index is 11.3. The summed E-state index contributed by atoms with van der Waals surface area (Å²) in [6, 6.07) is 0. The van der Waals surface area contributed by atoms with E-state index in [1.165, 1.54) is 5.01 Å². The van der Waals surface area contributed by atoms with Crippen LogP contribution in [-0.2, 0) is 16.1 Å². The summed E-state index contributed by atoms with van der Waals surface area (Å²) in [6.45, 7) is 7.86. The first-order valence-electron chi connectivity index (χ1n) is 8.55. The fourth-order valence-corrected chi connectivity index (χ4v) is 4.50. The maximum absolute atomic E-state index is 11.3. The van der Waals surface area contributed by atoms with Crippen molar-refractivity contribution in [3.8, 4) is 0 Å². The molecule has 3 heterocycles. The molecule has 5 nitrogen and oxygen atoms in total. The van der Waals surface area contributed by atoms with Crippen molar-refractivity contribution in [3.63, 3.8) is 0 Å². The van der Waals surface area contributed by atoms with Crippen molar-refractivity contribution in [1.82, 2.24) is 9.88 Å². The van der Waals surface area contributed by atoms with Gasteiger partial charge in [-0.05, 0) is 38.3 Å². The quantitative estimate of drug-likeness (QED) is 0.894. The minimum atomic E-state index is -0.696. The van der Waals surface area contributed by atoms with Crippen molar-refractivity contribution in [2.24, 2.45) is 11.8 Å². The van der Waals surface area contributed by atoms with Gasteiger partial charge in [-0.15, -0.1) is 11.3 Å². The zero-order chi connectivity index (χ0) is 16.4. The van der Waals surface area contributed by atoms with Crippen LogP contribution in [0.1, 0.15) is 49.7 Å². The smallest absolute Gasteiger partial charge is 0.309 e.